The molecule has 0 spiro atoms. The number of nitrogens with one attached hydrogen (secondary N) is 1. The Labute approximate surface area is 165 Å². The molecule has 4 N–H and O–H groups in total. The van der Waals surface area contributed by atoms with E-state index in [-0.39, 0.29) is 9.79 Å². The fraction of sp³-hybridized carbons (Fsp3) is 0.182. The first-order valence-corrected chi connectivity index (χ1v) is 10.5. The van der Waals surface area contributed by atoms with Crippen molar-refractivity contribution in [2.24, 2.45) is 0 Å². The van der Waals surface area contributed by atoms with Crippen LogP contribution in [0.25, 0.3) is 0 Å². The van der Waals surface area contributed by atoms with Crippen molar-refractivity contribution < 1.29 is 13.5 Å². The van der Waals surface area contributed by atoms with Gasteiger partial charge in [-0.25, -0.2) is 8.42 Å². The van der Waals surface area contributed by atoms with E-state index in [1.165, 1.54) is 17.7 Å². The second kappa shape index (κ2) is 8.46. The lowest BCUT2D eigenvalue weighted by Gasteiger charge is -2.14. The van der Waals surface area contributed by atoms with Crippen molar-refractivity contribution in [3.05, 3.63) is 83.9 Å². The average Bonchev–Trinajstić information content (AvgIpc) is 2.68. The van der Waals surface area contributed by atoms with Crippen LogP contribution in [0.15, 0.2) is 82.6 Å². The van der Waals surface area contributed by atoms with Crippen LogP contribution >= 0.6 is 0 Å². The molecule has 5 nitrogen and oxygen atoms in total. The number of aliphatic hydroxyl groups is 1. The molecule has 1 unspecified atom stereocenters. The van der Waals surface area contributed by atoms with Crippen LogP contribution in [0, 0.1) is 6.92 Å². The third-order valence-corrected chi connectivity index (χ3v) is 6.20. The summed E-state index contributed by atoms with van der Waals surface area (Å²) in [5, 5.41) is 13.4. The van der Waals surface area contributed by atoms with E-state index >= 15 is 0 Å². The number of nitrogens with two attached hydrogens (primary N) is 1. The third kappa shape index (κ3) is 4.91. The highest BCUT2D eigenvalue weighted by molar-refractivity contribution is 7.91. The van der Waals surface area contributed by atoms with Crippen molar-refractivity contribution in [2.45, 2.75) is 29.2 Å². The van der Waals surface area contributed by atoms with Gasteiger partial charge in [0.05, 0.1) is 15.9 Å². The van der Waals surface area contributed by atoms with Gasteiger partial charge in [0.15, 0.2) is 0 Å². The van der Waals surface area contributed by atoms with Gasteiger partial charge in [0.25, 0.3) is 0 Å². The highest BCUT2D eigenvalue weighted by Gasteiger charge is 2.18. The molecule has 1 atom stereocenters. The number of sulfone groups is 1. The Kier molecular flexibility index (Phi) is 6.02. The first kappa shape index (κ1) is 19.9. The molecular weight excluding hydrogens is 372 g/mol. The maximum atomic E-state index is 12.8. The molecule has 0 heterocycles. The highest BCUT2D eigenvalue weighted by atomic mass is 32.2. The summed E-state index contributed by atoms with van der Waals surface area (Å²) in [5.74, 6) is 0. The van der Waals surface area contributed by atoms with E-state index in [1.807, 2.05) is 31.2 Å². The summed E-state index contributed by atoms with van der Waals surface area (Å²) in [6, 6.07) is 20.8. The molecule has 3 rings (SSSR count). The fourth-order valence-corrected chi connectivity index (χ4v) is 4.26. The van der Waals surface area contributed by atoms with Gasteiger partial charge >= 0.3 is 0 Å². The minimum atomic E-state index is -3.66. The van der Waals surface area contributed by atoms with Gasteiger partial charge in [-0.05, 0) is 48.9 Å². The van der Waals surface area contributed by atoms with Crippen molar-refractivity contribution in [2.75, 3.05) is 17.6 Å². The molecule has 0 aliphatic rings. The smallest absolute Gasteiger partial charge is 0.206 e. The summed E-state index contributed by atoms with van der Waals surface area (Å²) in [7, 11) is -3.66. The number of hydrogen-bond acceptors (Lipinski definition) is 5. The number of anilines is 2. The summed E-state index contributed by atoms with van der Waals surface area (Å²) in [5.41, 5.74) is 8.97. The zero-order valence-corrected chi connectivity index (χ0v) is 16.5. The summed E-state index contributed by atoms with van der Waals surface area (Å²) in [6.45, 7) is 2.34. The number of hydrogen-bond donors (Lipinski definition) is 3. The fourth-order valence-electron chi connectivity index (χ4n) is 2.90. The molecule has 0 saturated heterocycles. The maximum absolute atomic E-state index is 12.8. The van der Waals surface area contributed by atoms with Crippen LogP contribution in [0.1, 0.15) is 11.1 Å². The average molecular weight is 397 g/mol. The van der Waals surface area contributed by atoms with Gasteiger partial charge in [-0.3, -0.25) is 0 Å². The second-order valence-corrected chi connectivity index (χ2v) is 8.78. The molecule has 146 valence electrons. The van der Waals surface area contributed by atoms with Crippen molar-refractivity contribution in [1.82, 2.24) is 0 Å². The van der Waals surface area contributed by atoms with Gasteiger partial charge in [-0.2, -0.15) is 0 Å². The molecule has 0 aliphatic carbocycles. The molecule has 0 radical (unpaired) electrons. The Balaban J connectivity index is 1.68. The third-order valence-electron chi connectivity index (χ3n) is 4.45. The maximum Gasteiger partial charge on any atom is 0.206 e. The number of nitrogen functional groups attached to an aromatic ring is 1. The molecule has 3 aromatic carbocycles. The van der Waals surface area contributed by atoms with Gasteiger partial charge < -0.3 is 16.2 Å². The number of aliphatic hydroxyl groups excluding tert-OH is 1. The lowest BCUT2D eigenvalue weighted by atomic mass is 10.1. The van der Waals surface area contributed by atoms with Crippen molar-refractivity contribution in [3.63, 3.8) is 0 Å². The summed E-state index contributed by atoms with van der Waals surface area (Å²) in [6.07, 6.45) is -0.0638. The Morgan fingerprint density at radius 2 is 1.61 bits per heavy atom. The number of aryl methyl sites for hydroxylation is 1. The Morgan fingerprint density at radius 1 is 0.964 bits per heavy atom. The second-order valence-electron chi connectivity index (χ2n) is 6.83. The van der Waals surface area contributed by atoms with Gasteiger partial charge in [-0.1, -0.05) is 42.0 Å². The Morgan fingerprint density at radius 3 is 2.29 bits per heavy atom. The van der Waals surface area contributed by atoms with Crippen LogP contribution < -0.4 is 11.1 Å². The minimum Gasteiger partial charge on any atom is -0.399 e. The van der Waals surface area contributed by atoms with Crippen LogP contribution in [-0.2, 0) is 16.3 Å². The largest absolute Gasteiger partial charge is 0.399 e. The zero-order valence-electron chi connectivity index (χ0n) is 15.7. The normalized spacial score (nSPS) is 12.5. The molecule has 6 heteroatoms. The predicted molar refractivity (Wildman–Crippen MR) is 112 cm³/mol. The van der Waals surface area contributed by atoms with Crippen molar-refractivity contribution in [1.29, 1.82) is 0 Å². The summed E-state index contributed by atoms with van der Waals surface area (Å²) >= 11 is 0. The molecule has 0 saturated carbocycles. The minimum absolute atomic E-state index is 0.157. The van der Waals surface area contributed by atoms with E-state index in [2.05, 4.69) is 5.32 Å². The molecular formula is C22H24N2O3S. The van der Waals surface area contributed by atoms with Crippen LogP contribution in [0.2, 0.25) is 0 Å². The topological polar surface area (TPSA) is 92.4 Å². The van der Waals surface area contributed by atoms with E-state index in [0.717, 1.165) is 5.56 Å². The van der Waals surface area contributed by atoms with Crippen LogP contribution in [0.3, 0.4) is 0 Å². The molecule has 0 bridgehead atoms. The van der Waals surface area contributed by atoms with E-state index in [9.17, 15) is 13.5 Å². The van der Waals surface area contributed by atoms with E-state index in [1.54, 1.807) is 36.4 Å². The molecule has 3 aromatic rings. The Bertz CT molecular complexity index is 1050. The number of benzene rings is 3. The van der Waals surface area contributed by atoms with Gasteiger partial charge in [0.1, 0.15) is 0 Å². The van der Waals surface area contributed by atoms with E-state index < -0.39 is 15.9 Å². The predicted octanol–water partition coefficient (Wildman–Crippen LogP) is 3.43. The van der Waals surface area contributed by atoms with Crippen LogP contribution in [0.5, 0.6) is 0 Å². The lowest BCUT2D eigenvalue weighted by Crippen LogP contribution is -2.22. The van der Waals surface area contributed by atoms with Gasteiger partial charge in [0, 0.05) is 24.3 Å². The molecule has 0 aliphatic heterocycles. The first-order valence-electron chi connectivity index (χ1n) is 9.03. The van der Waals surface area contributed by atoms with Crippen LogP contribution in [-0.4, -0.2) is 26.2 Å². The molecule has 0 amide bonds. The lowest BCUT2D eigenvalue weighted by molar-refractivity contribution is 0.188. The van der Waals surface area contributed by atoms with Crippen molar-refractivity contribution >= 4 is 21.2 Å². The Hall–Kier alpha value is -2.83. The molecule has 28 heavy (non-hydrogen) atoms. The quantitative estimate of drug-likeness (QED) is 0.532. The van der Waals surface area contributed by atoms with Crippen molar-refractivity contribution in [3.8, 4) is 0 Å². The summed E-state index contributed by atoms with van der Waals surface area (Å²) < 4.78 is 25.6. The monoisotopic (exact) mass is 396 g/mol. The van der Waals surface area contributed by atoms with Gasteiger partial charge in [-0.15, -0.1) is 0 Å². The molecule has 0 fully saturated rings. The van der Waals surface area contributed by atoms with E-state index in [0.29, 0.717) is 24.3 Å². The summed E-state index contributed by atoms with van der Waals surface area (Å²) in [4.78, 5) is 0.334. The molecule has 0 aromatic heterocycles. The van der Waals surface area contributed by atoms with Crippen LogP contribution in [0.4, 0.5) is 11.4 Å². The first-order chi connectivity index (χ1) is 13.3. The zero-order chi connectivity index (χ0) is 20.1. The number of rotatable bonds is 7. The van der Waals surface area contributed by atoms with E-state index in [4.69, 9.17) is 5.73 Å². The SMILES string of the molecule is Cc1ccc(CC(O)CNc2cccc(S(=O)(=O)c3cccc(N)c3)c2)cc1. The highest BCUT2D eigenvalue weighted by Crippen LogP contribution is 2.24. The van der Waals surface area contributed by atoms with Gasteiger partial charge in [0.2, 0.25) is 9.84 Å². The standard InChI is InChI=1S/C22H24N2O3S/c1-16-8-10-17(11-9-16)12-20(25)15-24-19-5-3-7-22(14-19)28(26,27)21-6-2-4-18(23)13-21/h2-11,13-14,20,24-25H,12,15,23H2,1H3.